The molecule has 1 unspecified atom stereocenters. The molecule has 1 aliphatic rings. The minimum Gasteiger partial charge on any atom is -0.478 e. The van der Waals surface area contributed by atoms with Crippen LogP contribution in [0, 0.1) is 0 Å². The fourth-order valence-electron chi connectivity index (χ4n) is 1.95. The Bertz CT molecular complexity index is 487. The van der Waals surface area contributed by atoms with Crippen molar-refractivity contribution in [2.45, 2.75) is 25.3 Å². The average molecular weight is 219 g/mol. The maximum absolute atomic E-state index is 11.6. The molecule has 0 spiro atoms. The zero-order valence-corrected chi connectivity index (χ0v) is 8.80. The molecule has 1 heterocycles. The lowest BCUT2D eigenvalue weighted by Gasteiger charge is -2.20. The van der Waals surface area contributed by atoms with Crippen molar-refractivity contribution in [3.63, 3.8) is 0 Å². The summed E-state index contributed by atoms with van der Waals surface area (Å²) in [7, 11) is 0. The largest absolute Gasteiger partial charge is 0.478 e. The second-order valence-electron chi connectivity index (χ2n) is 3.91. The van der Waals surface area contributed by atoms with Gasteiger partial charge in [0.15, 0.2) is 0 Å². The highest BCUT2D eigenvalue weighted by atomic mass is 16.4. The lowest BCUT2D eigenvalue weighted by molar-refractivity contribution is 0.0695. The summed E-state index contributed by atoms with van der Waals surface area (Å²) in [6.07, 6.45) is 8.18. The Kier molecular flexibility index (Phi) is 2.90. The monoisotopic (exact) mass is 219 g/mol. The van der Waals surface area contributed by atoms with E-state index in [-0.39, 0.29) is 17.2 Å². The molecule has 84 valence electrons. The van der Waals surface area contributed by atoms with Crippen molar-refractivity contribution in [3.05, 3.63) is 46.4 Å². The minimum atomic E-state index is -1.000. The summed E-state index contributed by atoms with van der Waals surface area (Å²) in [5.74, 6) is -1.000. The number of carboxylic acid groups (broad SMARTS) is 1. The fraction of sp³-hybridized carbons (Fsp3) is 0.333. The fourth-order valence-corrected chi connectivity index (χ4v) is 1.95. The Hall–Kier alpha value is -1.84. The number of allylic oxidation sites excluding steroid dienone is 2. The van der Waals surface area contributed by atoms with Crippen molar-refractivity contribution < 1.29 is 9.90 Å². The Morgan fingerprint density at radius 1 is 1.38 bits per heavy atom. The summed E-state index contributed by atoms with van der Waals surface area (Å²) in [5, 5.41) is 8.87. The number of hydrogen-bond acceptors (Lipinski definition) is 2. The number of pyridine rings is 1. The number of carbonyl (C=O) groups is 1. The van der Waals surface area contributed by atoms with Gasteiger partial charge in [0, 0.05) is 18.3 Å². The lowest BCUT2D eigenvalue weighted by Crippen LogP contribution is -2.25. The Morgan fingerprint density at radius 2 is 2.19 bits per heavy atom. The number of aromatic carboxylic acids is 1. The van der Waals surface area contributed by atoms with Crippen molar-refractivity contribution in [1.29, 1.82) is 0 Å². The molecule has 0 aromatic carbocycles. The van der Waals surface area contributed by atoms with Gasteiger partial charge >= 0.3 is 5.97 Å². The summed E-state index contributed by atoms with van der Waals surface area (Å²) in [5.41, 5.74) is 0.0273. The molecule has 0 fully saturated rings. The smallest absolute Gasteiger partial charge is 0.337 e. The van der Waals surface area contributed by atoms with Crippen LogP contribution in [0.3, 0.4) is 0 Å². The SMILES string of the molecule is O=C(O)c1ccc(=O)n(C2CC=CCC2)c1. The first-order valence-electron chi connectivity index (χ1n) is 5.29. The third kappa shape index (κ3) is 2.05. The predicted molar refractivity (Wildman–Crippen MR) is 59.7 cm³/mol. The molecule has 1 atom stereocenters. The van der Waals surface area contributed by atoms with Gasteiger partial charge in [-0.25, -0.2) is 4.79 Å². The molecule has 0 bridgehead atoms. The molecule has 16 heavy (non-hydrogen) atoms. The molecular formula is C12H13NO3. The van der Waals surface area contributed by atoms with Gasteiger partial charge in [0.25, 0.3) is 5.56 Å². The van der Waals surface area contributed by atoms with Crippen molar-refractivity contribution in [1.82, 2.24) is 4.57 Å². The first-order chi connectivity index (χ1) is 7.68. The Labute approximate surface area is 92.8 Å². The van der Waals surface area contributed by atoms with Crippen LogP contribution in [0.2, 0.25) is 0 Å². The van der Waals surface area contributed by atoms with Crippen LogP contribution in [0.1, 0.15) is 35.7 Å². The number of nitrogens with zero attached hydrogens (tertiary/aromatic N) is 1. The molecule has 4 nitrogen and oxygen atoms in total. The number of rotatable bonds is 2. The molecule has 0 saturated carbocycles. The van der Waals surface area contributed by atoms with Gasteiger partial charge in [0.05, 0.1) is 5.56 Å². The van der Waals surface area contributed by atoms with E-state index in [4.69, 9.17) is 5.11 Å². The second kappa shape index (κ2) is 4.35. The molecule has 0 aliphatic heterocycles. The molecule has 1 aromatic heterocycles. The summed E-state index contributed by atoms with van der Waals surface area (Å²) in [6, 6.07) is 2.76. The topological polar surface area (TPSA) is 59.3 Å². The summed E-state index contributed by atoms with van der Waals surface area (Å²) >= 11 is 0. The zero-order chi connectivity index (χ0) is 11.5. The van der Waals surface area contributed by atoms with Crippen LogP contribution in [0.15, 0.2) is 35.3 Å². The average Bonchev–Trinajstić information content (AvgIpc) is 2.30. The van der Waals surface area contributed by atoms with E-state index in [1.165, 1.54) is 22.9 Å². The summed E-state index contributed by atoms with van der Waals surface area (Å²) in [4.78, 5) is 22.5. The van der Waals surface area contributed by atoms with E-state index in [2.05, 4.69) is 6.08 Å². The Balaban J connectivity index is 2.38. The van der Waals surface area contributed by atoms with E-state index < -0.39 is 5.97 Å². The molecule has 2 rings (SSSR count). The highest BCUT2D eigenvalue weighted by Gasteiger charge is 2.14. The van der Waals surface area contributed by atoms with Crippen molar-refractivity contribution in [3.8, 4) is 0 Å². The molecule has 0 saturated heterocycles. The zero-order valence-electron chi connectivity index (χ0n) is 8.80. The molecule has 1 N–H and O–H groups in total. The van der Waals surface area contributed by atoms with Crippen LogP contribution in [0.4, 0.5) is 0 Å². The van der Waals surface area contributed by atoms with Crippen molar-refractivity contribution in [2.75, 3.05) is 0 Å². The summed E-state index contributed by atoms with van der Waals surface area (Å²) in [6.45, 7) is 0. The summed E-state index contributed by atoms with van der Waals surface area (Å²) < 4.78 is 1.53. The highest BCUT2D eigenvalue weighted by Crippen LogP contribution is 2.22. The van der Waals surface area contributed by atoms with Gasteiger partial charge in [-0.05, 0) is 25.3 Å². The molecule has 4 heteroatoms. The third-order valence-corrected chi connectivity index (χ3v) is 2.82. The van der Waals surface area contributed by atoms with Gasteiger partial charge in [-0.15, -0.1) is 0 Å². The highest BCUT2D eigenvalue weighted by molar-refractivity contribution is 5.87. The van der Waals surface area contributed by atoms with E-state index >= 15 is 0 Å². The van der Waals surface area contributed by atoms with Gasteiger partial charge in [-0.3, -0.25) is 4.79 Å². The first kappa shape index (κ1) is 10.7. The second-order valence-corrected chi connectivity index (χ2v) is 3.91. The number of hydrogen-bond donors (Lipinski definition) is 1. The normalized spacial score (nSPS) is 19.6. The van der Waals surface area contributed by atoms with Gasteiger partial charge in [0.1, 0.15) is 0 Å². The number of aromatic nitrogens is 1. The molecule has 0 radical (unpaired) electrons. The minimum absolute atomic E-state index is 0.0943. The molecular weight excluding hydrogens is 206 g/mol. The van der Waals surface area contributed by atoms with E-state index in [0.29, 0.717) is 0 Å². The van der Waals surface area contributed by atoms with Crippen LogP contribution in [-0.2, 0) is 0 Å². The van der Waals surface area contributed by atoms with Gasteiger partial charge in [0.2, 0.25) is 0 Å². The van der Waals surface area contributed by atoms with Crippen LogP contribution in [0.25, 0.3) is 0 Å². The van der Waals surface area contributed by atoms with E-state index in [0.717, 1.165) is 19.3 Å². The van der Waals surface area contributed by atoms with Crippen LogP contribution in [0.5, 0.6) is 0 Å². The third-order valence-electron chi connectivity index (χ3n) is 2.82. The maximum Gasteiger partial charge on any atom is 0.337 e. The van der Waals surface area contributed by atoms with Crippen LogP contribution >= 0.6 is 0 Å². The molecule has 1 aromatic rings. The van der Waals surface area contributed by atoms with Crippen molar-refractivity contribution >= 4 is 5.97 Å². The van der Waals surface area contributed by atoms with E-state index in [1.54, 1.807) is 0 Å². The van der Waals surface area contributed by atoms with Crippen molar-refractivity contribution in [2.24, 2.45) is 0 Å². The molecule has 0 amide bonds. The molecule has 1 aliphatic carbocycles. The van der Waals surface area contributed by atoms with Gasteiger partial charge in [-0.1, -0.05) is 12.2 Å². The predicted octanol–water partition coefficient (Wildman–Crippen LogP) is 1.83. The quantitative estimate of drug-likeness (QED) is 0.772. The van der Waals surface area contributed by atoms with E-state index in [9.17, 15) is 9.59 Å². The first-order valence-corrected chi connectivity index (χ1v) is 5.29. The standard InChI is InChI=1S/C12H13NO3/c14-11-7-6-9(12(15)16)8-13(11)10-4-2-1-3-5-10/h1-2,6-8,10H,3-5H2,(H,15,16). The number of carboxylic acids is 1. The maximum atomic E-state index is 11.6. The Morgan fingerprint density at radius 3 is 2.81 bits per heavy atom. The van der Waals surface area contributed by atoms with Crippen LogP contribution in [-0.4, -0.2) is 15.6 Å². The van der Waals surface area contributed by atoms with E-state index in [1.807, 2.05) is 6.08 Å². The van der Waals surface area contributed by atoms with Crippen LogP contribution < -0.4 is 5.56 Å². The van der Waals surface area contributed by atoms with Gasteiger partial charge in [-0.2, -0.15) is 0 Å². The van der Waals surface area contributed by atoms with Gasteiger partial charge < -0.3 is 9.67 Å². The lowest BCUT2D eigenvalue weighted by atomic mass is 10.0.